The molecule has 24 heavy (non-hydrogen) atoms. The van der Waals surface area contributed by atoms with Crippen LogP contribution in [0, 0.1) is 5.82 Å². The predicted octanol–water partition coefficient (Wildman–Crippen LogP) is -0.161. The van der Waals surface area contributed by atoms with Crippen molar-refractivity contribution in [1.82, 2.24) is 5.32 Å². The van der Waals surface area contributed by atoms with Gasteiger partial charge in [0.25, 0.3) is 5.91 Å². The van der Waals surface area contributed by atoms with Crippen molar-refractivity contribution < 1.29 is 27.7 Å². The first-order valence-corrected chi connectivity index (χ1v) is 8.81. The smallest absolute Gasteiger partial charge is 0.423 e. The van der Waals surface area contributed by atoms with Crippen molar-refractivity contribution in [2.24, 2.45) is 0 Å². The first kappa shape index (κ1) is 18.1. The summed E-state index contributed by atoms with van der Waals surface area (Å²) in [6.07, 6.45) is 1.07. The van der Waals surface area contributed by atoms with Gasteiger partial charge >= 0.3 is 7.12 Å². The molecule has 6 nitrogen and oxygen atoms in total. The molecular formula is C15H15BFNO5S. The zero-order valence-electron chi connectivity index (χ0n) is 12.7. The molecule has 0 atom stereocenters. The average molecular weight is 351 g/mol. The fraction of sp³-hybridized carbons (Fsp3) is 0.133. The van der Waals surface area contributed by atoms with Crippen molar-refractivity contribution >= 4 is 28.3 Å². The summed E-state index contributed by atoms with van der Waals surface area (Å²) >= 11 is 0. The third kappa shape index (κ3) is 4.19. The van der Waals surface area contributed by atoms with Gasteiger partial charge in [0, 0.05) is 12.8 Å². The second-order valence-corrected chi connectivity index (χ2v) is 7.20. The highest BCUT2D eigenvalue weighted by Crippen LogP contribution is 2.12. The van der Waals surface area contributed by atoms with Crippen LogP contribution in [0.4, 0.5) is 4.39 Å². The summed E-state index contributed by atoms with van der Waals surface area (Å²) in [5, 5.41) is 20.9. The number of benzene rings is 2. The number of carbonyl (C=O) groups is 1. The van der Waals surface area contributed by atoms with Crippen molar-refractivity contribution in [2.45, 2.75) is 11.4 Å². The lowest BCUT2D eigenvalue weighted by molar-refractivity contribution is 0.0947. The molecule has 0 saturated carbocycles. The van der Waals surface area contributed by atoms with E-state index in [0.717, 1.165) is 12.3 Å². The number of sulfone groups is 1. The Labute approximate surface area is 139 Å². The fourth-order valence-corrected chi connectivity index (χ4v) is 2.84. The lowest BCUT2D eigenvalue weighted by Gasteiger charge is -2.11. The second kappa shape index (κ2) is 7.12. The Morgan fingerprint density at radius 1 is 1.21 bits per heavy atom. The van der Waals surface area contributed by atoms with Crippen molar-refractivity contribution in [2.75, 3.05) is 6.26 Å². The molecule has 0 spiro atoms. The van der Waals surface area contributed by atoms with Gasteiger partial charge in [-0.15, -0.1) is 0 Å². The highest BCUT2D eigenvalue weighted by molar-refractivity contribution is 7.90. The van der Waals surface area contributed by atoms with E-state index in [9.17, 15) is 27.7 Å². The van der Waals surface area contributed by atoms with E-state index in [-0.39, 0.29) is 16.9 Å². The summed E-state index contributed by atoms with van der Waals surface area (Å²) in [4.78, 5) is 12.3. The lowest BCUT2D eigenvalue weighted by atomic mass is 9.76. The molecule has 0 saturated heterocycles. The Morgan fingerprint density at radius 3 is 2.50 bits per heavy atom. The lowest BCUT2D eigenvalue weighted by Crippen LogP contribution is -2.39. The molecule has 0 aliphatic carbocycles. The molecule has 0 radical (unpaired) electrons. The van der Waals surface area contributed by atoms with Gasteiger partial charge in [0.15, 0.2) is 9.84 Å². The molecule has 0 unspecified atom stereocenters. The molecule has 1 amide bonds. The van der Waals surface area contributed by atoms with E-state index in [1.807, 2.05) is 0 Å². The van der Waals surface area contributed by atoms with Crippen LogP contribution in [0.1, 0.15) is 15.9 Å². The summed E-state index contributed by atoms with van der Waals surface area (Å²) in [7, 11) is -5.37. The van der Waals surface area contributed by atoms with Gasteiger partial charge in [-0.25, -0.2) is 12.8 Å². The van der Waals surface area contributed by atoms with Crippen LogP contribution in [0.15, 0.2) is 47.4 Å². The number of nitrogens with one attached hydrogen (secondary N) is 1. The Morgan fingerprint density at radius 2 is 1.88 bits per heavy atom. The van der Waals surface area contributed by atoms with Gasteiger partial charge in [0.05, 0.1) is 10.5 Å². The highest BCUT2D eigenvalue weighted by atomic mass is 32.2. The van der Waals surface area contributed by atoms with Crippen molar-refractivity contribution in [1.29, 1.82) is 0 Å². The zero-order valence-corrected chi connectivity index (χ0v) is 13.5. The minimum absolute atomic E-state index is 0.0442. The Balaban J connectivity index is 2.21. The number of carbonyl (C=O) groups excluding carboxylic acids is 1. The third-order valence-corrected chi connectivity index (χ3v) is 4.44. The molecular weight excluding hydrogens is 336 g/mol. The number of halogens is 1. The minimum atomic E-state index is -3.38. The molecule has 0 bridgehead atoms. The van der Waals surface area contributed by atoms with Crippen LogP contribution >= 0.6 is 0 Å². The topological polar surface area (TPSA) is 104 Å². The van der Waals surface area contributed by atoms with Crippen LogP contribution in [0.25, 0.3) is 0 Å². The molecule has 2 rings (SSSR count). The van der Waals surface area contributed by atoms with Gasteiger partial charge in [-0.2, -0.15) is 0 Å². The maximum absolute atomic E-state index is 13.8. The summed E-state index contributed by atoms with van der Waals surface area (Å²) < 4.78 is 36.9. The molecule has 0 fully saturated rings. The van der Waals surface area contributed by atoms with Crippen LogP contribution in [0.3, 0.4) is 0 Å². The number of amides is 1. The number of hydrogen-bond acceptors (Lipinski definition) is 5. The number of rotatable bonds is 5. The molecule has 0 aliphatic rings. The van der Waals surface area contributed by atoms with E-state index in [1.165, 1.54) is 30.3 Å². The zero-order chi connectivity index (χ0) is 17.9. The quantitative estimate of drug-likeness (QED) is 0.650. The number of hydrogen-bond donors (Lipinski definition) is 3. The Hall–Kier alpha value is -2.23. The monoisotopic (exact) mass is 351 g/mol. The Bertz CT molecular complexity index is 870. The summed E-state index contributed by atoms with van der Waals surface area (Å²) in [5.41, 5.74) is -0.210. The van der Waals surface area contributed by atoms with E-state index in [0.29, 0.717) is 5.56 Å². The SMILES string of the molecule is CS(=O)(=O)c1cccc(CNC(=O)c2c(F)cccc2B(O)O)c1. The van der Waals surface area contributed by atoms with E-state index in [1.54, 1.807) is 6.07 Å². The second-order valence-electron chi connectivity index (χ2n) is 5.18. The third-order valence-electron chi connectivity index (χ3n) is 3.33. The first-order chi connectivity index (χ1) is 11.2. The van der Waals surface area contributed by atoms with Gasteiger partial charge in [0.1, 0.15) is 5.82 Å². The van der Waals surface area contributed by atoms with Crippen LogP contribution in [0.2, 0.25) is 0 Å². The minimum Gasteiger partial charge on any atom is -0.423 e. The van der Waals surface area contributed by atoms with Crippen LogP contribution < -0.4 is 10.8 Å². The van der Waals surface area contributed by atoms with Gasteiger partial charge in [-0.05, 0) is 29.2 Å². The maximum atomic E-state index is 13.8. The molecule has 0 aromatic heterocycles. The van der Waals surface area contributed by atoms with E-state index < -0.39 is 34.2 Å². The maximum Gasteiger partial charge on any atom is 0.489 e. The van der Waals surface area contributed by atoms with Crippen LogP contribution in [-0.2, 0) is 16.4 Å². The van der Waals surface area contributed by atoms with Crippen LogP contribution in [0.5, 0.6) is 0 Å². The van der Waals surface area contributed by atoms with Crippen molar-refractivity contribution in [3.8, 4) is 0 Å². The molecule has 0 aliphatic heterocycles. The van der Waals surface area contributed by atoms with Gasteiger partial charge in [-0.1, -0.05) is 24.3 Å². The molecule has 0 heterocycles. The molecule has 3 N–H and O–H groups in total. The Kier molecular flexibility index (Phi) is 5.38. The molecule has 9 heteroatoms. The van der Waals surface area contributed by atoms with E-state index >= 15 is 0 Å². The predicted molar refractivity (Wildman–Crippen MR) is 86.9 cm³/mol. The van der Waals surface area contributed by atoms with Crippen molar-refractivity contribution in [3.63, 3.8) is 0 Å². The van der Waals surface area contributed by atoms with Gasteiger partial charge in [0.2, 0.25) is 0 Å². The molecule has 2 aromatic rings. The van der Waals surface area contributed by atoms with Crippen LogP contribution in [-0.4, -0.2) is 37.7 Å². The molecule has 126 valence electrons. The summed E-state index contributed by atoms with van der Waals surface area (Å²) in [5.74, 6) is -1.72. The average Bonchev–Trinajstić information content (AvgIpc) is 2.51. The van der Waals surface area contributed by atoms with Crippen molar-refractivity contribution in [3.05, 3.63) is 59.4 Å². The van der Waals surface area contributed by atoms with E-state index in [4.69, 9.17) is 0 Å². The highest BCUT2D eigenvalue weighted by Gasteiger charge is 2.23. The van der Waals surface area contributed by atoms with Gasteiger partial charge in [-0.3, -0.25) is 4.79 Å². The fourth-order valence-electron chi connectivity index (χ4n) is 2.15. The largest absolute Gasteiger partial charge is 0.489 e. The molecule has 2 aromatic carbocycles. The summed E-state index contributed by atoms with van der Waals surface area (Å²) in [6, 6.07) is 9.49. The van der Waals surface area contributed by atoms with Gasteiger partial charge < -0.3 is 15.4 Å². The summed E-state index contributed by atoms with van der Waals surface area (Å²) in [6.45, 7) is -0.0442. The van der Waals surface area contributed by atoms with E-state index in [2.05, 4.69) is 5.32 Å². The normalized spacial score (nSPS) is 11.2. The first-order valence-electron chi connectivity index (χ1n) is 6.92. The standard InChI is InChI=1S/C15H15BFNO5S/c1-24(22,23)11-5-2-4-10(8-11)9-18-15(19)14-12(16(20)21)6-3-7-13(14)17/h2-8,20-21H,9H2,1H3,(H,18,19).